The standard InChI is InChI=1S/C69H86IN3O24S3/c1-13-71-43-31-88-50(28-48(43)84-9)95-62-57(79)55(73-97-51-27-44(75)64(38(8)90-51)99-65(81)52-35(5)54(70)60(63(87-12)59(52)85-10)96-66-58(80)61(86-11)56(78)37(7)92-66)36(6)91-67(62)94-46-18-16-14-15-17-22-69(83)29-45(76)41(25-33(3)74)53(46)42(69)21-23-98-100-34(4)30-89-68(82)72-39-19-20-40-32(2)24-49(77)93-47(40)26-39/h14-15,19-21,24,26,34,36-38,43-44,46,48,50-51,55-58,61-62,64,66-67,71,73,75,78-80,83H,13,23,25,27-31H2,1-12H3,(H,72,82)/b15-14-,42-21+/t34-,36-,37+,38-,43+,44+,46+,48+,50+,51+,55-,56+,57+,58-,61-,62-,64-,66+,67+,69+/m1/s1. The Morgan fingerprint density at radius 3 is 2.31 bits per heavy atom. The summed E-state index contributed by atoms with van der Waals surface area (Å²) < 4.78 is 78.9. The molecule has 1 aromatic heterocycles. The molecule has 8 N–H and O–H groups in total. The van der Waals surface area contributed by atoms with Gasteiger partial charge in [-0.3, -0.25) is 24.5 Å². The molecule has 4 saturated heterocycles. The molecule has 0 radical (unpaired) electrons. The van der Waals surface area contributed by atoms with Crippen LogP contribution in [0.5, 0.6) is 17.2 Å². The Morgan fingerprint density at radius 1 is 0.870 bits per heavy atom. The summed E-state index contributed by atoms with van der Waals surface area (Å²) in [6, 6.07) is 5.00. The maximum absolute atomic E-state index is 14.5. The predicted octanol–water partition coefficient (Wildman–Crippen LogP) is 5.64. The summed E-state index contributed by atoms with van der Waals surface area (Å²) in [5.41, 5.74) is 2.47. The summed E-state index contributed by atoms with van der Waals surface area (Å²) in [6.45, 7) is 14.3. The third-order valence-electron chi connectivity index (χ3n) is 17.7. The monoisotopic (exact) mass is 1560 g/mol. The van der Waals surface area contributed by atoms with Crippen LogP contribution in [-0.2, 0) is 57.1 Å². The fraction of sp³-hybridized carbons (Fsp3) is 0.580. The quantitative estimate of drug-likeness (QED) is 0.0120. The highest BCUT2D eigenvalue weighted by molar-refractivity contribution is 14.1. The molecule has 2 aliphatic carbocycles. The molecule has 2 aromatic carbocycles. The van der Waals surface area contributed by atoms with Gasteiger partial charge in [-0.15, -0.1) is 0 Å². The number of carbonyl (C=O) groups excluding carboxylic acids is 4. The molecule has 20 atom stereocenters. The largest absolute Gasteiger partial charge is 0.492 e. The van der Waals surface area contributed by atoms with E-state index in [2.05, 4.69) is 39.8 Å². The first kappa shape index (κ1) is 78.9. The van der Waals surface area contributed by atoms with Gasteiger partial charge in [-0.05, 0) is 113 Å². The number of anilines is 1. The molecule has 0 unspecified atom stereocenters. The smallest absolute Gasteiger partial charge is 0.411 e. The van der Waals surface area contributed by atoms with E-state index in [1.54, 1.807) is 59.9 Å². The lowest BCUT2D eigenvalue weighted by Crippen LogP contribution is -2.65. The molecule has 0 saturated carbocycles. The van der Waals surface area contributed by atoms with Gasteiger partial charge in [0.05, 0.1) is 84.2 Å². The number of aliphatic hydroxyl groups is 5. The lowest BCUT2D eigenvalue weighted by atomic mass is 9.72. The molecular formula is C69H86IN3O24S3. The number of carbonyl (C=O) groups is 4. The zero-order valence-electron chi connectivity index (χ0n) is 57.3. The lowest BCUT2D eigenvalue weighted by Gasteiger charge is -2.46. The van der Waals surface area contributed by atoms with Crippen molar-refractivity contribution in [3.63, 3.8) is 0 Å². The number of amides is 1. The van der Waals surface area contributed by atoms with E-state index in [4.69, 9.17) is 66.1 Å². The van der Waals surface area contributed by atoms with Gasteiger partial charge in [-0.1, -0.05) is 70.0 Å². The van der Waals surface area contributed by atoms with Gasteiger partial charge in [0.15, 0.2) is 41.8 Å². The minimum absolute atomic E-state index is 0.0111. The summed E-state index contributed by atoms with van der Waals surface area (Å²) in [5, 5.41) is 63.9. The third kappa shape index (κ3) is 18.5. The van der Waals surface area contributed by atoms with Crippen molar-refractivity contribution in [3.8, 4) is 40.9 Å². The van der Waals surface area contributed by atoms with Crippen molar-refractivity contribution in [2.45, 2.75) is 202 Å². The molecule has 546 valence electrons. The molecular weight excluding hydrogens is 1480 g/mol. The molecule has 31 heteroatoms. The number of halogens is 1. The first-order chi connectivity index (χ1) is 47.7. The maximum Gasteiger partial charge on any atom is 0.411 e. The molecule has 2 bridgehead atoms. The van der Waals surface area contributed by atoms with Gasteiger partial charge in [-0.2, -0.15) is 5.48 Å². The van der Waals surface area contributed by atoms with E-state index in [0.717, 1.165) is 22.7 Å². The van der Waals surface area contributed by atoms with Gasteiger partial charge in [-0.25, -0.2) is 9.59 Å². The first-order valence-corrected chi connectivity index (χ1v) is 36.8. The van der Waals surface area contributed by atoms with Crippen LogP contribution < -0.4 is 35.9 Å². The number of aryl methyl sites for hydroxylation is 1. The summed E-state index contributed by atoms with van der Waals surface area (Å²) in [6.07, 6.45) is -14.3. The van der Waals surface area contributed by atoms with E-state index in [0.29, 0.717) is 26.9 Å². The van der Waals surface area contributed by atoms with Crippen LogP contribution in [0.2, 0.25) is 0 Å². The van der Waals surface area contributed by atoms with Crippen molar-refractivity contribution in [3.05, 3.63) is 89.9 Å². The zero-order chi connectivity index (χ0) is 72.4. The van der Waals surface area contributed by atoms with Crippen molar-refractivity contribution in [2.75, 3.05) is 59.3 Å². The molecule has 3 aromatic rings. The van der Waals surface area contributed by atoms with Gasteiger partial charge < -0.3 is 92.1 Å². The van der Waals surface area contributed by atoms with Crippen LogP contribution in [0, 0.1) is 41.1 Å². The fourth-order valence-electron chi connectivity index (χ4n) is 12.6. The molecule has 0 spiro atoms. The molecule has 5 heterocycles. The average Bonchev–Trinajstić information content (AvgIpc) is 0.768. The van der Waals surface area contributed by atoms with E-state index < -0.39 is 138 Å². The topological polar surface area (TPSA) is 356 Å². The van der Waals surface area contributed by atoms with Gasteiger partial charge in [0, 0.05) is 84.4 Å². The van der Waals surface area contributed by atoms with Crippen molar-refractivity contribution < 1.29 is 111 Å². The Hall–Kier alpha value is -5.19. The second kappa shape index (κ2) is 35.5. The number of ether oxygens (including phenoxy) is 12. The van der Waals surface area contributed by atoms with Gasteiger partial charge in [0.1, 0.15) is 54.6 Å². The summed E-state index contributed by atoms with van der Waals surface area (Å²) in [7, 11) is 8.35. The normalized spacial score (nSPS) is 32.4. The number of thioether (sulfide) groups is 1. The van der Waals surface area contributed by atoms with E-state index in [-0.39, 0.29) is 94.8 Å². The van der Waals surface area contributed by atoms with Crippen molar-refractivity contribution in [1.29, 1.82) is 0 Å². The van der Waals surface area contributed by atoms with Crippen LogP contribution >= 0.6 is 55.9 Å². The molecule has 4 fully saturated rings. The van der Waals surface area contributed by atoms with E-state index in [1.165, 1.54) is 74.1 Å². The average molecular weight is 1560 g/mol. The molecule has 100 heavy (non-hydrogen) atoms. The van der Waals surface area contributed by atoms with Crippen LogP contribution in [0.1, 0.15) is 88.7 Å². The van der Waals surface area contributed by atoms with Crippen molar-refractivity contribution in [1.82, 2.24) is 10.8 Å². The Morgan fingerprint density at radius 2 is 1.61 bits per heavy atom. The maximum atomic E-state index is 14.5. The van der Waals surface area contributed by atoms with Crippen molar-refractivity contribution >= 4 is 95.4 Å². The summed E-state index contributed by atoms with van der Waals surface area (Å²) >= 11 is 2.81. The highest BCUT2D eigenvalue weighted by Gasteiger charge is 2.52. The number of likely N-dealkylation sites (N-methyl/N-ethyl adjacent to an activating group) is 1. The highest BCUT2D eigenvalue weighted by atomic mass is 127. The lowest BCUT2D eigenvalue weighted by molar-refractivity contribution is -0.336. The zero-order valence-corrected chi connectivity index (χ0v) is 61.9. The number of ketones is 2. The minimum atomic E-state index is -2.11. The Bertz CT molecular complexity index is 3750. The number of hydrogen-bond donors (Lipinski definition) is 8. The third-order valence-corrected chi connectivity index (χ3v) is 23.0. The molecule has 27 nitrogen and oxygen atoms in total. The fourth-order valence-corrected chi connectivity index (χ4v) is 16.3. The number of hydroxylamine groups is 1. The number of aliphatic hydroxyl groups excluding tert-OH is 4. The first-order valence-electron chi connectivity index (χ1n) is 32.5. The Labute approximate surface area is 604 Å². The van der Waals surface area contributed by atoms with E-state index >= 15 is 0 Å². The van der Waals surface area contributed by atoms with Crippen LogP contribution in [0.3, 0.4) is 0 Å². The number of methoxy groups -OCH3 is 4. The second-order valence-corrected chi connectivity index (χ2v) is 29.9. The number of Topliss-reactive ketones (excluding diaryl/α,β-unsaturated/α-hetero) is 2. The minimum Gasteiger partial charge on any atom is -0.492 e. The van der Waals surface area contributed by atoms with Gasteiger partial charge in [0.25, 0.3) is 0 Å². The SMILES string of the molecule is CCN[C@H]1CO[C@@H](O[C@H]2[C@H](O[C@H]3C#C/C=C\C#C[C@]4(O)CC(=O)C(CC(C)=O)=C3/C4=C\CSS[C@H](C)COC(=O)Nc3ccc4c(C)cc(=O)oc4c3)O[C@H](C)[C@@H](NO[C@H]3C[C@H](O)[C@H](SC(=O)c4c(C)c(I)c(O[C@@H]5O[C@@H](C)[C@H](O)[C@@H](OC)[C@H]5O)c(OC)c4OC)[C@@H](C)O3)[C@@H]2O)C[C@@H]1OC. The van der Waals surface area contributed by atoms with Gasteiger partial charge in [0.2, 0.25) is 17.2 Å². The summed E-state index contributed by atoms with van der Waals surface area (Å²) in [4.78, 5) is 73.2. The molecule has 6 aliphatic rings. The van der Waals surface area contributed by atoms with Crippen LogP contribution in [0.4, 0.5) is 10.5 Å². The van der Waals surface area contributed by atoms with Crippen LogP contribution in [0.25, 0.3) is 11.0 Å². The Balaban J connectivity index is 0.912. The number of allylic oxidation sites excluding steroid dienone is 3. The predicted molar refractivity (Wildman–Crippen MR) is 378 cm³/mol. The number of benzene rings is 2. The van der Waals surface area contributed by atoms with Crippen LogP contribution in [0.15, 0.2) is 68.4 Å². The van der Waals surface area contributed by atoms with E-state index in [9.17, 15) is 49.5 Å². The summed E-state index contributed by atoms with van der Waals surface area (Å²) in [5.74, 6) is 11.0. The molecule has 1 amide bonds. The molecule has 9 rings (SSSR count). The van der Waals surface area contributed by atoms with Gasteiger partial charge >= 0.3 is 11.7 Å². The number of nitrogens with one attached hydrogen (secondary N) is 3. The highest BCUT2D eigenvalue weighted by Crippen LogP contribution is 2.49. The van der Waals surface area contributed by atoms with Crippen LogP contribution in [-0.4, -0.2) is 223 Å². The second-order valence-electron chi connectivity index (χ2n) is 24.8. The Kier molecular flexibility index (Phi) is 28.0. The van der Waals surface area contributed by atoms with E-state index in [1.807, 2.05) is 36.4 Å². The molecule has 4 aliphatic heterocycles. The van der Waals surface area contributed by atoms with Crippen molar-refractivity contribution in [2.24, 2.45) is 0 Å². The number of fused-ring (bicyclic) bond motifs is 3. The number of rotatable bonds is 26. The number of hydrogen-bond acceptors (Lipinski definition) is 29.